The molecule has 182 valence electrons. The van der Waals surface area contributed by atoms with Crippen LogP contribution >= 0.6 is 36.2 Å². The second-order valence-corrected chi connectivity index (χ2v) is 10.00. The molecule has 3 heterocycles. The molecule has 0 spiro atoms. The molecule has 0 saturated carbocycles. The summed E-state index contributed by atoms with van der Waals surface area (Å²) >= 11 is 1.84. The number of aryl methyl sites for hydroxylation is 1. The monoisotopic (exact) mass is 518 g/mol. The molecule has 1 aromatic carbocycles. The molecule has 0 bridgehead atoms. The third-order valence-electron chi connectivity index (χ3n) is 6.79. The van der Waals surface area contributed by atoms with Gasteiger partial charge in [-0.1, -0.05) is 6.07 Å². The summed E-state index contributed by atoms with van der Waals surface area (Å²) in [5.41, 5.74) is 4.16. The van der Waals surface area contributed by atoms with Crippen LogP contribution in [0.25, 0.3) is 0 Å². The van der Waals surface area contributed by atoms with Gasteiger partial charge in [-0.2, -0.15) is 0 Å². The van der Waals surface area contributed by atoms with Crippen molar-refractivity contribution in [3.05, 3.63) is 69.8 Å². The number of thiophene rings is 1. The molecule has 1 aliphatic carbocycles. The molecule has 1 N–H and O–H groups in total. The van der Waals surface area contributed by atoms with Crippen molar-refractivity contribution < 1.29 is 4.79 Å². The zero-order valence-corrected chi connectivity index (χ0v) is 21.7. The molecule has 1 fully saturated rings. The fourth-order valence-corrected chi connectivity index (χ4v) is 5.63. The number of halogens is 2. The quantitative estimate of drug-likeness (QED) is 0.345. The molecule has 8 heteroatoms. The van der Waals surface area contributed by atoms with Gasteiger partial charge in [-0.3, -0.25) is 9.69 Å². The van der Waals surface area contributed by atoms with Crippen molar-refractivity contribution >= 4 is 53.4 Å². The van der Waals surface area contributed by atoms with E-state index < -0.39 is 0 Å². The van der Waals surface area contributed by atoms with Crippen LogP contribution in [0.2, 0.25) is 0 Å². The van der Waals surface area contributed by atoms with E-state index >= 15 is 0 Å². The third kappa shape index (κ3) is 6.57. The van der Waals surface area contributed by atoms with Crippen LogP contribution in [0.3, 0.4) is 0 Å². The number of ketones is 1. The molecule has 1 aliphatic heterocycles. The fourth-order valence-electron chi connectivity index (χ4n) is 4.88. The first-order chi connectivity index (χ1) is 15.7. The minimum atomic E-state index is 0. The van der Waals surface area contributed by atoms with E-state index in [9.17, 15) is 4.79 Å². The van der Waals surface area contributed by atoms with Gasteiger partial charge in [0.25, 0.3) is 0 Å². The van der Waals surface area contributed by atoms with Crippen molar-refractivity contribution in [3.63, 3.8) is 0 Å². The average Bonchev–Trinajstić information content (AvgIpc) is 3.51. The van der Waals surface area contributed by atoms with Crippen LogP contribution < -0.4 is 5.32 Å². The van der Waals surface area contributed by atoms with Gasteiger partial charge in [-0.15, -0.1) is 36.2 Å². The van der Waals surface area contributed by atoms with Gasteiger partial charge < -0.3 is 5.32 Å². The van der Waals surface area contributed by atoms with Gasteiger partial charge in [-0.05, 0) is 93.2 Å². The number of aromatic nitrogens is 2. The molecule has 0 amide bonds. The van der Waals surface area contributed by atoms with Crippen molar-refractivity contribution in [3.8, 4) is 0 Å². The Balaban J connectivity index is 0.00000162. The Labute approximate surface area is 218 Å². The number of hydrogen-bond acceptors (Lipinski definition) is 6. The molecule has 0 radical (unpaired) electrons. The Morgan fingerprint density at radius 1 is 1.06 bits per heavy atom. The van der Waals surface area contributed by atoms with Crippen LogP contribution in [0.1, 0.15) is 58.6 Å². The van der Waals surface area contributed by atoms with Crippen molar-refractivity contribution in [2.45, 2.75) is 51.5 Å². The maximum Gasteiger partial charge on any atom is 0.162 e. The number of rotatable bonds is 8. The van der Waals surface area contributed by atoms with E-state index in [0.29, 0.717) is 12.3 Å². The van der Waals surface area contributed by atoms with Crippen molar-refractivity contribution in [2.24, 2.45) is 5.92 Å². The van der Waals surface area contributed by atoms with Crippen molar-refractivity contribution in [2.75, 3.05) is 18.4 Å². The molecular formula is C26H32Cl2N4OS. The molecule has 5 nitrogen and oxygen atoms in total. The van der Waals surface area contributed by atoms with E-state index in [1.165, 1.54) is 23.3 Å². The molecule has 1 saturated heterocycles. The average molecular weight is 520 g/mol. The minimum Gasteiger partial charge on any atom is -0.340 e. The zero-order valence-electron chi connectivity index (χ0n) is 19.2. The number of anilines is 2. The number of fused-ring (bicyclic) bond motifs is 1. The highest BCUT2D eigenvalue weighted by Crippen LogP contribution is 2.28. The maximum absolute atomic E-state index is 12.7. The topological polar surface area (TPSA) is 58.1 Å². The van der Waals surface area contributed by atoms with Crippen LogP contribution in [-0.2, 0) is 19.4 Å². The van der Waals surface area contributed by atoms with Gasteiger partial charge >= 0.3 is 0 Å². The molecule has 5 rings (SSSR count). The highest BCUT2D eigenvalue weighted by Gasteiger charge is 2.21. The summed E-state index contributed by atoms with van der Waals surface area (Å²) in [6.07, 6.45) is 8.88. The Morgan fingerprint density at radius 3 is 2.59 bits per heavy atom. The summed E-state index contributed by atoms with van der Waals surface area (Å²) in [4.78, 5) is 25.5. The number of nitrogens with zero attached hydrogens (tertiary/aromatic N) is 3. The van der Waals surface area contributed by atoms with Gasteiger partial charge in [-0.25, -0.2) is 9.97 Å². The first-order valence-electron chi connectivity index (χ1n) is 11.7. The number of likely N-dealkylation sites (tertiary alicyclic amines) is 1. The first-order valence-corrected chi connectivity index (χ1v) is 12.6. The Kier molecular flexibility index (Phi) is 9.89. The van der Waals surface area contributed by atoms with Crippen LogP contribution in [0, 0.1) is 5.92 Å². The number of piperidine rings is 1. The number of Topliss-reactive ketones (excluding diaryl/α,β-unsaturated/α-hetero) is 1. The Bertz CT molecular complexity index is 1050. The van der Waals surface area contributed by atoms with Crippen LogP contribution in [0.4, 0.5) is 11.5 Å². The first kappa shape index (κ1) is 26.6. The maximum atomic E-state index is 12.7. The van der Waals surface area contributed by atoms with Crippen LogP contribution in [-0.4, -0.2) is 33.7 Å². The van der Waals surface area contributed by atoms with Gasteiger partial charge in [0.2, 0.25) is 0 Å². The van der Waals surface area contributed by atoms with E-state index in [1.54, 1.807) is 6.33 Å². The molecular weight excluding hydrogens is 487 g/mol. The Hall–Kier alpha value is -1.99. The molecule has 2 aliphatic rings. The summed E-state index contributed by atoms with van der Waals surface area (Å²) in [5.74, 6) is 1.82. The van der Waals surface area contributed by atoms with E-state index in [-0.39, 0.29) is 30.6 Å². The van der Waals surface area contributed by atoms with Gasteiger partial charge in [0.1, 0.15) is 12.1 Å². The Morgan fingerprint density at radius 2 is 1.85 bits per heavy atom. The molecule has 0 unspecified atom stereocenters. The minimum absolute atomic E-state index is 0. The zero-order chi connectivity index (χ0) is 21.8. The predicted molar refractivity (Wildman–Crippen MR) is 144 cm³/mol. The lowest BCUT2D eigenvalue weighted by atomic mass is 9.90. The number of carbonyl (C=O) groups is 1. The number of nitrogens with one attached hydrogen (secondary N) is 1. The van der Waals surface area contributed by atoms with E-state index in [1.807, 2.05) is 35.6 Å². The lowest BCUT2D eigenvalue weighted by Gasteiger charge is -2.31. The van der Waals surface area contributed by atoms with E-state index in [2.05, 4.69) is 37.7 Å². The van der Waals surface area contributed by atoms with E-state index in [0.717, 1.165) is 68.1 Å². The molecule has 3 aromatic rings. The molecule has 34 heavy (non-hydrogen) atoms. The number of carbonyl (C=O) groups excluding carboxylic acids is 1. The largest absolute Gasteiger partial charge is 0.340 e. The summed E-state index contributed by atoms with van der Waals surface area (Å²) < 4.78 is 0. The molecule has 2 aromatic heterocycles. The van der Waals surface area contributed by atoms with Crippen molar-refractivity contribution in [1.29, 1.82) is 0 Å². The lowest BCUT2D eigenvalue weighted by Crippen LogP contribution is -2.33. The third-order valence-corrected chi connectivity index (χ3v) is 7.65. The predicted octanol–water partition coefficient (Wildman–Crippen LogP) is 6.49. The number of hydrogen-bond donors (Lipinski definition) is 1. The summed E-state index contributed by atoms with van der Waals surface area (Å²) in [6.45, 7) is 3.36. The highest BCUT2D eigenvalue weighted by atomic mass is 35.5. The normalized spacial score (nSPS) is 15.8. The SMILES string of the molecule is Cl.Cl.O=C(CCC1CCN(Cc2cccs2)CC1)c1ccc(Nc2ncnc3c2CCC3)cc1. The van der Waals surface area contributed by atoms with Gasteiger partial charge in [0.15, 0.2) is 5.78 Å². The van der Waals surface area contributed by atoms with Crippen molar-refractivity contribution in [1.82, 2.24) is 14.9 Å². The summed E-state index contributed by atoms with van der Waals surface area (Å²) in [5, 5.41) is 5.56. The fraction of sp³-hybridized carbons (Fsp3) is 0.423. The summed E-state index contributed by atoms with van der Waals surface area (Å²) in [6, 6.07) is 12.2. The molecule has 0 atom stereocenters. The summed E-state index contributed by atoms with van der Waals surface area (Å²) in [7, 11) is 0. The van der Waals surface area contributed by atoms with Crippen LogP contribution in [0.5, 0.6) is 0 Å². The standard InChI is InChI=1S/C26H30N4OS.2ClH/c31-25(11-6-19-12-14-30(15-13-19)17-22-3-2-16-32-22)20-7-9-21(10-8-20)29-26-23-4-1-5-24(23)27-18-28-26;;/h2-3,7-10,16,18-19H,1,4-6,11-15,17H2,(H,27,28,29);2*1H. The highest BCUT2D eigenvalue weighted by molar-refractivity contribution is 7.09. The second-order valence-electron chi connectivity index (χ2n) is 8.96. The number of benzene rings is 1. The second kappa shape index (κ2) is 12.6. The van der Waals surface area contributed by atoms with E-state index in [4.69, 9.17) is 0 Å². The van der Waals surface area contributed by atoms with Crippen LogP contribution in [0.15, 0.2) is 48.1 Å². The smallest absolute Gasteiger partial charge is 0.162 e. The van der Waals surface area contributed by atoms with Gasteiger partial charge in [0, 0.05) is 40.4 Å². The lowest BCUT2D eigenvalue weighted by molar-refractivity contribution is 0.0961. The van der Waals surface area contributed by atoms with Gasteiger partial charge in [0.05, 0.1) is 0 Å².